The highest BCUT2D eigenvalue weighted by Gasteiger charge is 2.08. The third kappa shape index (κ3) is 7.41. The van der Waals surface area contributed by atoms with E-state index in [0.29, 0.717) is 30.4 Å². The molecule has 0 aliphatic heterocycles. The van der Waals surface area contributed by atoms with E-state index in [0.717, 1.165) is 0 Å². The number of ether oxygens (including phenoxy) is 1. The van der Waals surface area contributed by atoms with Crippen molar-refractivity contribution in [1.29, 1.82) is 0 Å². The lowest BCUT2D eigenvalue weighted by Crippen LogP contribution is -2.24. The Bertz CT molecular complexity index is 646. The first-order chi connectivity index (χ1) is 12.5. The molecule has 0 unspecified atom stereocenters. The molecule has 5 N–H and O–H groups in total. The van der Waals surface area contributed by atoms with Gasteiger partial charge in [0.15, 0.2) is 6.61 Å². The van der Waals surface area contributed by atoms with Crippen molar-refractivity contribution in [1.82, 2.24) is 19.8 Å². The molecule has 1 aromatic heterocycles. The van der Waals surface area contributed by atoms with Gasteiger partial charge in [-0.2, -0.15) is 0 Å². The maximum absolute atomic E-state index is 11.9. The van der Waals surface area contributed by atoms with Crippen LogP contribution in [0.1, 0.15) is 12.7 Å². The number of aliphatic hydroxyl groups excluding tert-OH is 2. The predicted molar refractivity (Wildman–Crippen MR) is 98.7 cm³/mol. The summed E-state index contributed by atoms with van der Waals surface area (Å²) < 4.78 is 6.77. The van der Waals surface area contributed by atoms with Crippen molar-refractivity contribution >= 4 is 11.9 Å². The third-order valence-electron chi connectivity index (χ3n) is 3.39. The first-order valence-electron chi connectivity index (χ1n) is 8.18. The van der Waals surface area contributed by atoms with Gasteiger partial charge in [0.2, 0.25) is 0 Å². The number of anilines is 1. The molecular weight excluding hydrogens is 338 g/mol. The molecule has 0 fully saturated rings. The number of imidazole rings is 1. The maximum atomic E-state index is 11.9. The van der Waals surface area contributed by atoms with Gasteiger partial charge in [0.05, 0.1) is 19.4 Å². The number of carbonyl (C=O) groups is 1. The minimum absolute atomic E-state index is 0.000725. The summed E-state index contributed by atoms with van der Waals surface area (Å²) in [6.45, 7) is 2.61. The molecule has 1 rings (SSSR count). The first kappa shape index (κ1) is 21.3. The normalized spacial score (nSPS) is 12.1. The second-order valence-corrected chi connectivity index (χ2v) is 5.31. The van der Waals surface area contributed by atoms with E-state index >= 15 is 0 Å². The average Bonchev–Trinajstić information content (AvgIpc) is 2.92. The van der Waals surface area contributed by atoms with E-state index < -0.39 is 6.09 Å². The largest absolute Gasteiger partial charge is 0.441 e. The van der Waals surface area contributed by atoms with E-state index in [2.05, 4.69) is 10.3 Å². The molecule has 9 heteroatoms. The molecule has 0 atom stereocenters. The molecule has 0 saturated heterocycles. The Kier molecular flexibility index (Phi) is 9.58. The lowest BCUT2D eigenvalue weighted by molar-refractivity contribution is 0.139. The molecule has 26 heavy (non-hydrogen) atoms. The van der Waals surface area contributed by atoms with Crippen LogP contribution >= 0.6 is 0 Å². The number of aliphatic hydroxyl groups is 2. The van der Waals surface area contributed by atoms with E-state index in [1.54, 1.807) is 47.0 Å². The maximum Gasteiger partial charge on any atom is 0.412 e. The Morgan fingerprint density at radius 1 is 1.42 bits per heavy atom. The molecule has 0 aromatic carbocycles. The molecule has 0 aliphatic carbocycles. The number of nitrogens with one attached hydrogen (secondary N) is 1. The minimum atomic E-state index is -0.619. The zero-order valence-corrected chi connectivity index (χ0v) is 15.1. The summed E-state index contributed by atoms with van der Waals surface area (Å²) in [6.07, 6.45) is 9.48. The van der Waals surface area contributed by atoms with E-state index in [4.69, 9.17) is 20.7 Å². The number of carbonyl (C=O) groups excluding carboxylic acids is 1. The van der Waals surface area contributed by atoms with Crippen LogP contribution in [0.25, 0.3) is 0 Å². The number of allylic oxidation sites excluding steroid dienone is 4. The number of aromatic nitrogens is 2. The van der Waals surface area contributed by atoms with Crippen molar-refractivity contribution in [3.8, 4) is 0 Å². The van der Waals surface area contributed by atoms with Crippen molar-refractivity contribution in [2.45, 2.75) is 13.5 Å². The van der Waals surface area contributed by atoms with Gasteiger partial charge in [0.25, 0.3) is 0 Å². The highest BCUT2D eigenvalue weighted by atomic mass is 16.5. The van der Waals surface area contributed by atoms with Crippen molar-refractivity contribution in [2.75, 3.05) is 32.0 Å². The zero-order chi connectivity index (χ0) is 19.4. The number of rotatable bonds is 10. The number of hydrogen-bond donors (Lipinski definition) is 4. The number of amides is 1. The fourth-order valence-electron chi connectivity index (χ4n) is 1.99. The molecule has 0 radical (unpaired) electrons. The van der Waals surface area contributed by atoms with Gasteiger partial charge in [0.1, 0.15) is 11.6 Å². The lowest BCUT2D eigenvalue weighted by Gasteiger charge is -2.17. The van der Waals surface area contributed by atoms with Gasteiger partial charge >= 0.3 is 6.09 Å². The van der Waals surface area contributed by atoms with Crippen LogP contribution in [0.15, 0.2) is 42.4 Å². The van der Waals surface area contributed by atoms with Crippen LogP contribution < -0.4 is 11.1 Å². The number of nitrogens with zero attached hydrogens (tertiary/aromatic N) is 3. The Labute approximate surface area is 153 Å². The summed E-state index contributed by atoms with van der Waals surface area (Å²) >= 11 is 0. The quantitative estimate of drug-likeness (QED) is 0.445. The Balaban J connectivity index is 2.62. The van der Waals surface area contributed by atoms with Gasteiger partial charge in [-0.15, -0.1) is 0 Å². The summed E-state index contributed by atoms with van der Waals surface area (Å²) in [4.78, 5) is 17.8. The molecule has 1 heterocycles. The van der Waals surface area contributed by atoms with Crippen LogP contribution in [-0.4, -0.2) is 57.1 Å². The van der Waals surface area contributed by atoms with Gasteiger partial charge in [-0.3, -0.25) is 5.32 Å². The van der Waals surface area contributed by atoms with E-state index in [1.807, 2.05) is 6.92 Å². The topological polar surface area (TPSA) is 126 Å². The fraction of sp³-hybridized carbons (Fsp3) is 0.412. The SMILES string of the molecule is C\C=C/C(=C\C=C\N(CCO)CCO)NC(=O)OCc1ncc(N)n1C. The molecule has 9 nitrogen and oxygen atoms in total. The lowest BCUT2D eigenvalue weighted by atomic mass is 10.3. The second kappa shape index (κ2) is 11.7. The number of nitrogen functional groups attached to an aromatic ring is 1. The second-order valence-electron chi connectivity index (χ2n) is 5.31. The highest BCUT2D eigenvalue weighted by Crippen LogP contribution is 2.05. The Morgan fingerprint density at radius 3 is 2.65 bits per heavy atom. The molecule has 1 amide bonds. The number of alkyl carbamates (subject to hydrolysis) is 1. The first-order valence-corrected chi connectivity index (χ1v) is 8.18. The van der Waals surface area contributed by atoms with Crippen molar-refractivity contribution < 1.29 is 19.7 Å². The average molecular weight is 365 g/mol. The van der Waals surface area contributed by atoms with Gasteiger partial charge in [-0.25, -0.2) is 9.78 Å². The summed E-state index contributed by atoms with van der Waals surface area (Å²) in [6, 6.07) is 0. The smallest absolute Gasteiger partial charge is 0.412 e. The molecule has 0 bridgehead atoms. The third-order valence-corrected chi connectivity index (χ3v) is 3.39. The Morgan fingerprint density at radius 2 is 2.12 bits per heavy atom. The Hall–Kier alpha value is -2.78. The van der Waals surface area contributed by atoms with Crippen molar-refractivity contribution in [3.63, 3.8) is 0 Å². The standard InChI is InChI=1S/C17H27N5O4/c1-3-5-14(6-4-7-22(8-10-23)9-11-24)20-17(25)26-13-16-19-12-15(18)21(16)2/h3-7,12,23-24H,8-11,13,18H2,1-2H3,(H,20,25)/b5-3-,7-4+,14-6+. The van der Waals surface area contributed by atoms with Crippen LogP contribution in [0.2, 0.25) is 0 Å². The summed E-state index contributed by atoms with van der Waals surface area (Å²) in [7, 11) is 1.74. The van der Waals surface area contributed by atoms with Crippen LogP contribution in [-0.2, 0) is 18.4 Å². The van der Waals surface area contributed by atoms with E-state index in [9.17, 15) is 4.79 Å². The van der Waals surface area contributed by atoms with Crippen LogP contribution in [0.5, 0.6) is 0 Å². The monoisotopic (exact) mass is 365 g/mol. The van der Waals surface area contributed by atoms with Gasteiger partial charge < -0.3 is 30.2 Å². The zero-order valence-electron chi connectivity index (χ0n) is 15.1. The van der Waals surface area contributed by atoms with Crippen LogP contribution in [0.3, 0.4) is 0 Å². The summed E-state index contributed by atoms with van der Waals surface area (Å²) in [5, 5.41) is 20.6. The number of nitrogens with two attached hydrogens (primary N) is 1. The van der Waals surface area contributed by atoms with Crippen LogP contribution in [0, 0.1) is 0 Å². The van der Waals surface area contributed by atoms with Gasteiger partial charge in [-0.1, -0.05) is 6.08 Å². The molecule has 1 aromatic rings. The fourth-order valence-corrected chi connectivity index (χ4v) is 1.99. The molecule has 144 valence electrons. The van der Waals surface area contributed by atoms with Gasteiger partial charge in [0, 0.05) is 25.8 Å². The highest BCUT2D eigenvalue weighted by molar-refractivity contribution is 5.70. The molecule has 0 aliphatic rings. The molecule has 0 saturated carbocycles. The minimum Gasteiger partial charge on any atom is -0.441 e. The van der Waals surface area contributed by atoms with Crippen LogP contribution in [0.4, 0.5) is 10.6 Å². The van der Waals surface area contributed by atoms with Crippen molar-refractivity contribution in [3.05, 3.63) is 48.2 Å². The molecule has 0 spiro atoms. The van der Waals surface area contributed by atoms with Crippen molar-refractivity contribution in [2.24, 2.45) is 7.05 Å². The van der Waals surface area contributed by atoms with E-state index in [-0.39, 0.29) is 19.8 Å². The summed E-state index contributed by atoms with van der Waals surface area (Å²) in [5.74, 6) is 1.02. The van der Waals surface area contributed by atoms with E-state index in [1.165, 1.54) is 6.20 Å². The predicted octanol–water partition coefficient (Wildman–Crippen LogP) is 0.489. The van der Waals surface area contributed by atoms with Gasteiger partial charge in [-0.05, 0) is 31.4 Å². The number of hydrogen-bond acceptors (Lipinski definition) is 7. The molecular formula is C17H27N5O4. The summed E-state index contributed by atoms with van der Waals surface area (Å²) in [5.41, 5.74) is 6.20.